The number of nitro benzene ring substituents is 1. The third-order valence-electron chi connectivity index (χ3n) is 5.07. The molecule has 1 amide bonds. The summed E-state index contributed by atoms with van der Waals surface area (Å²) in [4.78, 5) is 26.6. The molecule has 0 radical (unpaired) electrons. The molecule has 0 aliphatic heterocycles. The van der Waals surface area contributed by atoms with Gasteiger partial charge in [0.25, 0.3) is 11.6 Å². The van der Waals surface area contributed by atoms with Crippen molar-refractivity contribution in [1.82, 2.24) is 10.3 Å². The molecule has 1 heterocycles. The van der Waals surface area contributed by atoms with Crippen molar-refractivity contribution in [3.63, 3.8) is 0 Å². The largest absolute Gasteiger partial charge is 0.361 e. The minimum atomic E-state index is -0.550. The Morgan fingerprint density at radius 3 is 2.57 bits per heavy atom. The quantitative estimate of drug-likeness (QED) is 0.328. The highest BCUT2D eigenvalue weighted by Crippen LogP contribution is 2.30. The number of aromatic nitrogens is 1. The molecule has 0 aliphatic carbocycles. The van der Waals surface area contributed by atoms with Crippen LogP contribution in [0.3, 0.4) is 0 Å². The topological polar surface area (TPSA) is 88.0 Å². The van der Waals surface area contributed by atoms with Gasteiger partial charge >= 0.3 is 0 Å². The SMILES string of the molecule is O=C(NCC(c1ccccc1)c1c[nH]c2ccccc12)c1cc([N+](=O)[O-])ccc1Cl. The van der Waals surface area contributed by atoms with E-state index in [2.05, 4.69) is 10.3 Å². The number of halogens is 1. The molecule has 4 aromatic rings. The molecule has 0 bridgehead atoms. The maximum atomic E-state index is 12.8. The van der Waals surface area contributed by atoms with E-state index < -0.39 is 10.8 Å². The van der Waals surface area contributed by atoms with Crippen molar-refractivity contribution in [3.8, 4) is 0 Å². The van der Waals surface area contributed by atoms with Crippen LogP contribution < -0.4 is 5.32 Å². The van der Waals surface area contributed by atoms with Crippen LogP contribution >= 0.6 is 11.6 Å². The van der Waals surface area contributed by atoms with Gasteiger partial charge in [-0.05, 0) is 23.3 Å². The van der Waals surface area contributed by atoms with E-state index in [1.165, 1.54) is 18.2 Å². The van der Waals surface area contributed by atoms with Crippen LogP contribution in [0.1, 0.15) is 27.4 Å². The number of amides is 1. The lowest BCUT2D eigenvalue weighted by Gasteiger charge is -2.18. The molecule has 0 fully saturated rings. The molecule has 0 spiro atoms. The number of carbonyl (C=O) groups is 1. The van der Waals surface area contributed by atoms with Crippen molar-refractivity contribution in [2.45, 2.75) is 5.92 Å². The molecule has 3 aromatic carbocycles. The first-order valence-electron chi connectivity index (χ1n) is 9.37. The standard InChI is InChI=1S/C23H18ClN3O3/c24-21-11-10-16(27(29)30)12-18(21)23(28)26-13-19(15-6-2-1-3-7-15)20-14-25-22-9-5-4-8-17(20)22/h1-12,14,19,25H,13H2,(H,26,28). The second kappa shape index (κ2) is 8.39. The Balaban J connectivity index is 1.65. The van der Waals surface area contributed by atoms with E-state index in [0.717, 1.165) is 22.0 Å². The first-order valence-corrected chi connectivity index (χ1v) is 9.75. The molecule has 4 rings (SSSR count). The lowest BCUT2D eigenvalue weighted by molar-refractivity contribution is -0.384. The van der Waals surface area contributed by atoms with Crippen LogP contribution in [0.25, 0.3) is 10.9 Å². The number of benzene rings is 3. The number of H-pyrrole nitrogens is 1. The van der Waals surface area contributed by atoms with Crippen LogP contribution in [0.2, 0.25) is 5.02 Å². The van der Waals surface area contributed by atoms with Crippen molar-refractivity contribution >= 4 is 34.1 Å². The second-order valence-corrected chi connectivity index (χ2v) is 7.29. The Morgan fingerprint density at radius 1 is 1.07 bits per heavy atom. The highest BCUT2D eigenvalue weighted by Gasteiger charge is 2.21. The molecular formula is C23H18ClN3O3. The maximum absolute atomic E-state index is 12.8. The average molecular weight is 420 g/mol. The molecule has 7 heteroatoms. The molecule has 0 aliphatic rings. The van der Waals surface area contributed by atoms with Crippen LogP contribution in [0, 0.1) is 10.1 Å². The summed E-state index contributed by atoms with van der Waals surface area (Å²) in [6, 6.07) is 21.7. The summed E-state index contributed by atoms with van der Waals surface area (Å²) in [5.74, 6) is -0.562. The van der Waals surface area contributed by atoms with Gasteiger partial charge in [-0.15, -0.1) is 0 Å². The van der Waals surface area contributed by atoms with Gasteiger partial charge in [0, 0.05) is 41.7 Å². The third-order valence-corrected chi connectivity index (χ3v) is 5.40. The fourth-order valence-corrected chi connectivity index (χ4v) is 3.77. The summed E-state index contributed by atoms with van der Waals surface area (Å²) >= 11 is 6.12. The van der Waals surface area contributed by atoms with Gasteiger partial charge in [0.2, 0.25) is 0 Å². The Bertz CT molecular complexity index is 1220. The molecule has 150 valence electrons. The molecule has 1 unspecified atom stereocenters. The summed E-state index contributed by atoms with van der Waals surface area (Å²) in [5.41, 5.74) is 3.02. The number of hydrogen-bond donors (Lipinski definition) is 2. The van der Waals surface area contributed by atoms with E-state index in [-0.39, 0.29) is 22.2 Å². The number of fused-ring (bicyclic) bond motifs is 1. The Morgan fingerprint density at radius 2 is 1.80 bits per heavy atom. The normalized spacial score (nSPS) is 11.9. The Hall–Kier alpha value is -3.64. The number of aromatic amines is 1. The number of carbonyl (C=O) groups excluding carboxylic acids is 1. The van der Waals surface area contributed by atoms with E-state index in [1.54, 1.807) is 0 Å². The molecule has 0 saturated carbocycles. The third kappa shape index (κ3) is 3.90. The predicted octanol–water partition coefficient (Wildman–Crippen LogP) is 5.29. The van der Waals surface area contributed by atoms with Crippen LogP contribution in [0.15, 0.2) is 79.0 Å². The van der Waals surface area contributed by atoms with Gasteiger partial charge in [-0.2, -0.15) is 0 Å². The van der Waals surface area contributed by atoms with Gasteiger partial charge in [0.15, 0.2) is 0 Å². The van der Waals surface area contributed by atoms with Gasteiger partial charge in [-0.3, -0.25) is 14.9 Å². The summed E-state index contributed by atoms with van der Waals surface area (Å²) in [5, 5.41) is 15.2. The number of para-hydroxylation sites is 1. The van der Waals surface area contributed by atoms with Crippen molar-refractivity contribution in [3.05, 3.63) is 111 Å². The molecule has 1 aromatic heterocycles. The molecule has 30 heavy (non-hydrogen) atoms. The van der Waals surface area contributed by atoms with Gasteiger partial charge in [0.1, 0.15) is 0 Å². The van der Waals surface area contributed by atoms with Gasteiger partial charge in [-0.1, -0.05) is 60.1 Å². The van der Waals surface area contributed by atoms with Crippen molar-refractivity contribution in [2.24, 2.45) is 0 Å². The number of hydrogen-bond acceptors (Lipinski definition) is 3. The minimum Gasteiger partial charge on any atom is -0.361 e. The number of non-ortho nitro benzene ring substituents is 1. The number of nitrogens with one attached hydrogen (secondary N) is 2. The van der Waals surface area contributed by atoms with Crippen LogP contribution in [0.4, 0.5) is 5.69 Å². The summed E-state index contributed by atoms with van der Waals surface area (Å²) < 4.78 is 0. The van der Waals surface area contributed by atoms with Gasteiger partial charge in [-0.25, -0.2) is 0 Å². The average Bonchev–Trinajstić information content (AvgIpc) is 3.19. The summed E-state index contributed by atoms with van der Waals surface area (Å²) in [6.45, 7) is 0.309. The van der Waals surface area contributed by atoms with Crippen LogP contribution in [0.5, 0.6) is 0 Å². The van der Waals surface area contributed by atoms with Crippen LogP contribution in [-0.4, -0.2) is 22.4 Å². The van der Waals surface area contributed by atoms with E-state index >= 15 is 0 Å². The summed E-state index contributed by atoms with van der Waals surface area (Å²) in [7, 11) is 0. The second-order valence-electron chi connectivity index (χ2n) is 6.88. The number of nitrogens with zero attached hydrogens (tertiary/aromatic N) is 1. The smallest absolute Gasteiger partial charge is 0.270 e. The van der Waals surface area contributed by atoms with Gasteiger partial charge in [0.05, 0.1) is 15.5 Å². The van der Waals surface area contributed by atoms with E-state index in [0.29, 0.717) is 6.54 Å². The molecule has 2 N–H and O–H groups in total. The molecule has 6 nitrogen and oxygen atoms in total. The zero-order valence-electron chi connectivity index (χ0n) is 15.8. The minimum absolute atomic E-state index is 0.0802. The Labute approximate surface area is 177 Å². The predicted molar refractivity (Wildman–Crippen MR) is 117 cm³/mol. The first-order chi connectivity index (χ1) is 14.5. The van der Waals surface area contributed by atoms with E-state index in [9.17, 15) is 14.9 Å². The summed E-state index contributed by atoms with van der Waals surface area (Å²) in [6.07, 6.45) is 1.95. The van der Waals surface area contributed by atoms with E-state index in [1.807, 2.05) is 60.8 Å². The van der Waals surface area contributed by atoms with Crippen molar-refractivity contribution in [1.29, 1.82) is 0 Å². The van der Waals surface area contributed by atoms with Crippen molar-refractivity contribution in [2.75, 3.05) is 6.54 Å². The fourth-order valence-electron chi connectivity index (χ4n) is 3.57. The molecule has 0 saturated heterocycles. The maximum Gasteiger partial charge on any atom is 0.270 e. The lowest BCUT2D eigenvalue weighted by atomic mass is 9.91. The van der Waals surface area contributed by atoms with Gasteiger partial charge < -0.3 is 10.3 Å². The highest BCUT2D eigenvalue weighted by atomic mass is 35.5. The Kier molecular flexibility index (Phi) is 5.50. The zero-order valence-corrected chi connectivity index (χ0v) is 16.6. The number of rotatable bonds is 6. The molecule has 1 atom stereocenters. The lowest BCUT2D eigenvalue weighted by Crippen LogP contribution is -2.29. The van der Waals surface area contributed by atoms with Crippen LogP contribution in [-0.2, 0) is 0 Å². The monoisotopic (exact) mass is 419 g/mol. The zero-order chi connectivity index (χ0) is 21.1. The van der Waals surface area contributed by atoms with Crippen molar-refractivity contribution < 1.29 is 9.72 Å². The molecular weight excluding hydrogens is 402 g/mol. The van der Waals surface area contributed by atoms with E-state index in [4.69, 9.17) is 11.6 Å². The highest BCUT2D eigenvalue weighted by molar-refractivity contribution is 6.33. The first kappa shape index (κ1) is 19.7. The fraction of sp³-hybridized carbons (Fsp3) is 0.0870. The number of nitro groups is 1.